The van der Waals surface area contributed by atoms with Crippen molar-refractivity contribution in [3.05, 3.63) is 45.7 Å². The first-order chi connectivity index (χ1) is 20.0. The summed E-state index contributed by atoms with van der Waals surface area (Å²) in [6, 6.07) is 5.73. The van der Waals surface area contributed by atoms with Gasteiger partial charge in [0, 0.05) is 45.1 Å². The number of rotatable bonds is 15. The standard InChI is InChI=1S/C27H25F2O10PS2/c1-36-17-10-19-13(8-21(41-19)15(30)4-5-23(32)33)24(28)26(17)38-6-3-7-39-27-18(37-2)11-20-14(25(27)29)9-22(42-20)16(31)12-40(34)35/h8-11,34-35H,3-7,12H2,1-2H3,(H,32,33). The Labute approximate surface area is 246 Å². The Kier molecular flexibility index (Phi) is 10.3. The monoisotopic (exact) mass is 642 g/mol. The van der Waals surface area contributed by atoms with Crippen LogP contribution in [0.3, 0.4) is 0 Å². The highest BCUT2D eigenvalue weighted by molar-refractivity contribution is 7.46. The number of hydrogen-bond donors (Lipinski definition) is 3. The van der Waals surface area contributed by atoms with Gasteiger partial charge in [-0.25, -0.2) is 8.78 Å². The number of ketones is 2. The van der Waals surface area contributed by atoms with Crippen LogP contribution in [0, 0.1) is 11.6 Å². The quantitative estimate of drug-likeness (QED) is 0.0827. The molecule has 2 aromatic heterocycles. The fraction of sp³-hybridized carbons (Fsp3) is 0.296. The van der Waals surface area contributed by atoms with Crippen molar-refractivity contribution in [3.8, 4) is 23.0 Å². The number of thiophene rings is 2. The highest BCUT2D eigenvalue weighted by atomic mass is 32.1. The molecule has 0 amide bonds. The maximum atomic E-state index is 15.4. The maximum absolute atomic E-state index is 15.4. The second kappa shape index (κ2) is 13.7. The number of Topliss-reactive ketones (excluding diaryl/α,β-unsaturated/α-hetero) is 2. The third-order valence-corrected chi connectivity index (χ3v) is 8.80. The summed E-state index contributed by atoms with van der Waals surface area (Å²) in [5.74, 6) is -3.69. The van der Waals surface area contributed by atoms with Crippen molar-refractivity contribution in [2.24, 2.45) is 0 Å². The van der Waals surface area contributed by atoms with Crippen molar-refractivity contribution in [1.82, 2.24) is 0 Å². The number of carbonyl (C=O) groups is 3. The first-order valence-corrected chi connectivity index (χ1v) is 15.4. The fourth-order valence-electron chi connectivity index (χ4n) is 4.00. The molecule has 4 rings (SSSR count). The lowest BCUT2D eigenvalue weighted by molar-refractivity contribution is -0.136. The van der Waals surface area contributed by atoms with Gasteiger partial charge in [-0.1, -0.05) is 0 Å². The minimum absolute atomic E-state index is 0.0398. The van der Waals surface area contributed by atoms with E-state index in [-0.39, 0.29) is 76.0 Å². The predicted octanol–water partition coefficient (Wildman–Crippen LogP) is 5.79. The predicted molar refractivity (Wildman–Crippen MR) is 154 cm³/mol. The summed E-state index contributed by atoms with van der Waals surface area (Å²) in [5.41, 5.74) is 0. The van der Waals surface area contributed by atoms with Crippen molar-refractivity contribution in [2.75, 3.05) is 33.6 Å². The van der Waals surface area contributed by atoms with E-state index < -0.39 is 43.7 Å². The van der Waals surface area contributed by atoms with Crippen LogP contribution in [0.4, 0.5) is 8.78 Å². The number of carbonyl (C=O) groups excluding carboxylic acids is 2. The van der Waals surface area contributed by atoms with Gasteiger partial charge in [-0.2, -0.15) is 0 Å². The SMILES string of the molecule is COc1cc2sc(C(=O)CCC(=O)O)cc2c(F)c1OCCCOc1c(OC)cc2sc(C(=O)CP(O)O)cc2c1F. The molecule has 4 aromatic rings. The van der Waals surface area contributed by atoms with Gasteiger partial charge < -0.3 is 33.8 Å². The Balaban J connectivity index is 1.44. The third kappa shape index (κ3) is 6.96. The van der Waals surface area contributed by atoms with Crippen LogP contribution in [0.25, 0.3) is 20.2 Å². The normalized spacial score (nSPS) is 11.3. The number of carboxylic acid groups (broad SMARTS) is 1. The minimum atomic E-state index is -2.42. The van der Waals surface area contributed by atoms with E-state index in [1.807, 2.05) is 0 Å². The van der Waals surface area contributed by atoms with Gasteiger partial charge in [0.25, 0.3) is 0 Å². The summed E-state index contributed by atoms with van der Waals surface area (Å²) < 4.78 is 53.3. The van der Waals surface area contributed by atoms with Gasteiger partial charge in [0.1, 0.15) is 0 Å². The van der Waals surface area contributed by atoms with Crippen LogP contribution in [0.2, 0.25) is 0 Å². The summed E-state index contributed by atoms with van der Waals surface area (Å²) in [7, 11) is 0.248. The fourth-order valence-corrected chi connectivity index (χ4v) is 6.61. The zero-order valence-corrected chi connectivity index (χ0v) is 24.8. The molecule has 0 aliphatic carbocycles. The molecule has 0 spiro atoms. The van der Waals surface area contributed by atoms with Crippen LogP contribution in [0.5, 0.6) is 23.0 Å². The minimum Gasteiger partial charge on any atom is -0.493 e. The molecular weight excluding hydrogens is 617 g/mol. The molecule has 0 atom stereocenters. The van der Waals surface area contributed by atoms with Crippen LogP contribution in [-0.4, -0.2) is 66.0 Å². The Morgan fingerprint density at radius 1 is 0.786 bits per heavy atom. The van der Waals surface area contributed by atoms with Gasteiger partial charge in [-0.05, 0) is 12.1 Å². The number of hydrogen-bond acceptors (Lipinski definition) is 11. The Morgan fingerprint density at radius 2 is 1.26 bits per heavy atom. The van der Waals surface area contributed by atoms with E-state index in [0.29, 0.717) is 9.40 Å². The van der Waals surface area contributed by atoms with E-state index in [1.165, 1.54) is 38.5 Å². The molecule has 0 aliphatic rings. The summed E-state index contributed by atoms with van der Waals surface area (Å²) in [6.07, 6.45) is -0.791. The highest BCUT2D eigenvalue weighted by Crippen LogP contribution is 2.42. The second-order valence-electron chi connectivity index (χ2n) is 8.81. The van der Waals surface area contributed by atoms with E-state index in [9.17, 15) is 14.4 Å². The molecule has 0 aliphatic heterocycles. The Bertz CT molecular complexity index is 1650. The van der Waals surface area contributed by atoms with Gasteiger partial charge in [0.05, 0.1) is 49.8 Å². The van der Waals surface area contributed by atoms with Crippen LogP contribution < -0.4 is 18.9 Å². The van der Waals surface area contributed by atoms with Crippen molar-refractivity contribution in [1.29, 1.82) is 0 Å². The number of aliphatic carboxylic acids is 1. The number of fused-ring (bicyclic) bond motifs is 2. The van der Waals surface area contributed by atoms with Crippen molar-refractivity contribution in [2.45, 2.75) is 19.3 Å². The van der Waals surface area contributed by atoms with E-state index in [1.54, 1.807) is 0 Å². The summed E-state index contributed by atoms with van der Waals surface area (Å²) in [5, 5.41) is 9.06. The molecule has 2 heterocycles. The highest BCUT2D eigenvalue weighted by Gasteiger charge is 2.23. The summed E-state index contributed by atoms with van der Waals surface area (Å²) in [4.78, 5) is 53.9. The summed E-state index contributed by atoms with van der Waals surface area (Å²) in [6.45, 7) is -0.0806. The molecule has 2 aromatic carbocycles. The lowest BCUT2D eigenvalue weighted by atomic mass is 10.1. The van der Waals surface area contributed by atoms with Crippen LogP contribution in [0.1, 0.15) is 38.6 Å². The average Bonchev–Trinajstić information content (AvgIpc) is 3.58. The molecule has 10 nitrogen and oxygen atoms in total. The lowest BCUT2D eigenvalue weighted by Gasteiger charge is -2.14. The molecule has 0 unspecified atom stereocenters. The topological polar surface area (TPSA) is 149 Å². The molecule has 0 saturated carbocycles. The molecule has 0 fully saturated rings. The molecule has 0 radical (unpaired) electrons. The second-order valence-corrected chi connectivity index (χ2v) is 12.0. The molecule has 0 bridgehead atoms. The van der Waals surface area contributed by atoms with Gasteiger partial charge in [-0.15, -0.1) is 22.7 Å². The van der Waals surface area contributed by atoms with Gasteiger partial charge in [0.2, 0.25) is 0 Å². The Morgan fingerprint density at radius 3 is 1.69 bits per heavy atom. The average molecular weight is 643 g/mol. The van der Waals surface area contributed by atoms with Crippen molar-refractivity contribution < 1.29 is 57.0 Å². The Hall–Kier alpha value is -3.42. The zero-order chi connectivity index (χ0) is 30.6. The van der Waals surface area contributed by atoms with E-state index in [4.69, 9.17) is 33.8 Å². The first kappa shape index (κ1) is 31.5. The van der Waals surface area contributed by atoms with Crippen molar-refractivity contribution in [3.63, 3.8) is 0 Å². The third-order valence-electron chi connectivity index (χ3n) is 5.99. The number of benzene rings is 2. The van der Waals surface area contributed by atoms with Gasteiger partial charge in [0.15, 0.2) is 54.6 Å². The number of methoxy groups -OCH3 is 2. The number of ether oxygens (including phenoxy) is 4. The molecule has 42 heavy (non-hydrogen) atoms. The van der Waals surface area contributed by atoms with Crippen LogP contribution in [0.15, 0.2) is 24.3 Å². The van der Waals surface area contributed by atoms with Gasteiger partial charge in [-0.3, -0.25) is 14.4 Å². The van der Waals surface area contributed by atoms with Gasteiger partial charge >= 0.3 is 5.97 Å². The smallest absolute Gasteiger partial charge is 0.303 e. The van der Waals surface area contributed by atoms with E-state index in [0.717, 1.165) is 22.7 Å². The largest absolute Gasteiger partial charge is 0.493 e. The first-order valence-electron chi connectivity index (χ1n) is 12.3. The van der Waals surface area contributed by atoms with E-state index >= 15 is 8.78 Å². The van der Waals surface area contributed by atoms with Crippen LogP contribution in [-0.2, 0) is 4.79 Å². The number of carboxylic acids is 1. The maximum Gasteiger partial charge on any atom is 0.303 e. The number of halogens is 2. The zero-order valence-electron chi connectivity index (χ0n) is 22.3. The lowest BCUT2D eigenvalue weighted by Crippen LogP contribution is -2.08. The molecule has 3 N–H and O–H groups in total. The molecule has 15 heteroatoms. The van der Waals surface area contributed by atoms with E-state index in [2.05, 4.69) is 0 Å². The molecule has 0 saturated heterocycles. The molecule has 224 valence electrons. The summed E-state index contributed by atoms with van der Waals surface area (Å²) >= 11 is 2.02. The molecular formula is C27H25F2O10PS2. The van der Waals surface area contributed by atoms with Crippen LogP contribution >= 0.6 is 31.0 Å². The van der Waals surface area contributed by atoms with Crippen molar-refractivity contribution >= 4 is 68.8 Å².